The van der Waals surface area contributed by atoms with E-state index in [-0.39, 0.29) is 11.9 Å². The monoisotopic (exact) mass is 422 g/mol. The molecular weight excluding hydrogens is 400 g/mol. The Kier molecular flexibility index (Phi) is 5.30. The Morgan fingerprint density at radius 2 is 2.00 bits per heavy atom. The molecule has 1 atom stereocenters. The molecule has 1 aromatic heterocycles. The van der Waals surface area contributed by atoms with E-state index >= 15 is 0 Å². The Balaban J connectivity index is 1.33. The average molecular weight is 422 g/mol. The number of para-hydroxylation sites is 2. The molecule has 0 spiro atoms. The molecule has 0 aliphatic carbocycles. The van der Waals surface area contributed by atoms with Crippen LogP contribution < -0.4 is 4.74 Å². The van der Waals surface area contributed by atoms with Gasteiger partial charge in [-0.05, 0) is 60.9 Å². The lowest BCUT2D eigenvalue weighted by atomic mass is 10.1. The van der Waals surface area contributed by atoms with Gasteiger partial charge in [-0.25, -0.2) is 4.98 Å². The number of aromatic amines is 1. The fourth-order valence-corrected chi connectivity index (χ4v) is 4.21. The van der Waals surface area contributed by atoms with Crippen LogP contribution in [0.25, 0.3) is 11.0 Å². The summed E-state index contributed by atoms with van der Waals surface area (Å²) in [4.78, 5) is 23.4. The number of carbonyl (C=O) groups is 1. The minimum Gasteiger partial charge on any atom is -0.489 e. The van der Waals surface area contributed by atoms with E-state index in [1.54, 1.807) is 18.2 Å². The number of carbonyl (C=O) groups excluding carboxylic acids is 1. The van der Waals surface area contributed by atoms with Crippen molar-refractivity contribution in [3.8, 4) is 11.8 Å². The first-order valence-corrected chi connectivity index (χ1v) is 10.7. The Bertz CT molecular complexity index is 1290. The van der Waals surface area contributed by atoms with Crippen molar-refractivity contribution in [1.29, 1.82) is 5.26 Å². The summed E-state index contributed by atoms with van der Waals surface area (Å²) in [6, 6.07) is 24.6. The van der Waals surface area contributed by atoms with Crippen molar-refractivity contribution in [2.45, 2.75) is 25.5 Å². The number of nitriles is 1. The number of likely N-dealkylation sites (tertiary alicyclic amines) is 1. The molecule has 1 amide bonds. The number of rotatable bonds is 5. The normalized spacial score (nSPS) is 15.6. The lowest BCUT2D eigenvalue weighted by Gasteiger charge is -2.23. The van der Waals surface area contributed by atoms with Gasteiger partial charge in [0.1, 0.15) is 18.2 Å². The third kappa shape index (κ3) is 3.93. The van der Waals surface area contributed by atoms with Gasteiger partial charge in [-0.3, -0.25) is 4.79 Å². The topological polar surface area (TPSA) is 82.0 Å². The van der Waals surface area contributed by atoms with Crippen molar-refractivity contribution in [2.24, 2.45) is 0 Å². The first-order valence-electron chi connectivity index (χ1n) is 10.7. The molecule has 1 unspecified atom stereocenters. The molecular formula is C26H22N4O2. The van der Waals surface area contributed by atoms with Gasteiger partial charge in [-0.15, -0.1) is 0 Å². The predicted molar refractivity (Wildman–Crippen MR) is 121 cm³/mol. The van der Waals surface area contributed by atoms with Crippen LogP contribution in [0.5, 0.6) is 5.75 Å². The summed E-state index contributed by atoms with van der Waals surface area (Å²) in [6.07, 6.45) is 1.84. The van der Waals surface area contributed by atoms with Gasteiger partial charge < -0.3 is 14.6 Å². The van der Waals surface area contributed by atoms with Crippen LogP contribution in [0.2, 0.25) is 0 Å². The molecule has 0 saturated carbocycles. The Morgan fingerprint density at radius 1 is 1.12 bits per heavy atom. The second-order valence-electron chi connectivity index (χ2n) is 7.92. The quantitative estimate of drug-likeness (QED) is 0.491. The van der Waals surface area contributed by atoms with E-state index in [9.17, 15) is 4.79 Å². The van der Waals surface area contributed by atoms with Gasteiger partial charge >= 0.3 is 0 Å². The fraction of sp³-hybridized carbons (Fsp3) is 0.192. The predicted octanol–water partition coefficient (Wildman–Crippen LogP) is 4.99. The van der Waals surface area contributed by atoms with Crippen LogP contribution in [-0.4, -0.2) is 27.3 Å². The molecule has 5 rings (SSSR count). The van der Waals surface area contributed by atoms with E-state index in [0.29, 0.717) is 30.0 Å². The molecule has 1 saturated heterocycles. The second kappa shape index (κ2) is 8.56. The Hall–Kier alpha value is -4.11. The molecule has 6 nitrogen and oxygen atoms in total. The summed E-state index contributed by atoms with van der Waals surface area (Å²) in [6.45, 7) is 1.03. The van der Waals surface area contributed by atoms with Crippen molar-refractivity contribution < 1.29 is 9.53 Å². The maximum Gasteiger partial charge on any atom is 0.254 e. The SMILES string of the molecule is N#Cc1cccc(OCc2cccc(C(=O)N3CCCC3c3nc4ccccc4[nH]3)c2)c1. The number of imidazole rings is 1. The number of benzene rings is 3. The van der Waals surface area contributed by atoms with Crippen LogP contribution in [0.4, 0.5) is 0 Å². The minimum atomic E-state index is -0.0523. The number of amides is 1. The summed E-state index contributed by atoms with van der Waals surface area (Å²) in [5.74, 6) is 1.47. The van der Waals surface area contributed by atoms with Crippen molar-refractivity contribution >= 4 is 16.9 Å². The van der Waals surface area contributed by atoms with E-state index in [1.807, 2.05) is 59.5 Å². The van der Waals surface area contributed by atoms with Gasteiger partial charge in [0.15, 0.2) is 0 Å². The van der Waals surface area contributed by atoms with Crippen molar-refractivity contribution in [3.05, 3.63) is 95.3 Å². The van der Waals surface area contributed by atoms with Crippen LogP contribution in [-0.2, 0) is 6.61 Å². The van der Waals surface area contributed by atoms with Gasteiger partial charge in [-0.2, -0.15) is 5.26 Å². The van der Waals surface area contributed by atoms with Crippen LogP contribution in [0, 0.1) is 11.3 Å². The maximum atomic E-state index is 13.4. The van der Waals surface area contributed by atoms with E-state index in [0.717, 1.165) is 35.3 Å². The summed E-state index contributed by atoms with van der Waals surface area (Å²) in [5.41, 5.74) is 4.00. The first-order chi connectivity index (χ1) is 15.7. The molecule has 1 N–H and O–H groups in total. The second-order valence-corrected chi connectivity index (χ2v) is 7.92. The van der Waals surface area contributed by atoms with Crippen molar-refractivity contribution in [1.82, 2.24) is 14.9 Å². The zero-order chi connectivity index (χ0) is 21.9. The molecule has 1 aliphatic heterocycles. The number of H-pyrrole nitrogens is 1. The number of fused-ring (bicyclic) bond motifs is 1. The van der Waals surface area contributed by atoms with E-state index in [2.05, 4.69) is 11.1 Å². The Labute approximate surface area is 186 Å². The minimum absolute atomic E-state index is 0.00119. The molecule has 1 fully saturated rings. The summed E-state index contributed by atoms with van der Waals surface area (Å²) in [5, 5.41) is 9.04. The molecule has 0 bridgehead atoms. The largest absolute Gasteiger partial charge is 0.489 e. The fourth-order valence-electron chi connectivity index (χ4n) is 4.21. The van der Waals surface area contributed by atoms with Gasteiger partial charge in [0, 0.05) is 12.1 Å². The lowest BCUT2D eigenvalue weighted by molar-refractivity contribution is 0.0730. The van der Waals surface area contributed by atoms with Crippen molar-refractivity contribution in [3.63, 3.8) is 0 Å². The van der Waals surface area contributed by atoms with E-state index in [4.69, 9.17) is 15.0 Å². The number of ether oxygens (including phenoxy) is 1. The smallest absolute Gasteiger partial charge is 0.254 e. The Morgan fingerprint density at radius 3 is 2.88 bits per heavy atom. The zero-order valence-corrected chi connectivity index (χ0v) is 17.5. The van der Waals surface area contributed by atoms with Gasteiger partial charge in [-0.1, -0.05) is 30.3 Å². The number of hydrogen-bond acceptors (Lipinski definition) is 4. The lowest BCUT2D eigenvalue weighted by Crippen LogP contribution is -2.31. The van der Waals surface area contributed by atoms with Gasteiger partial charge in [0.05, 0.1) is 28.7 Å². The number of nitrogens with one attached hydrogen (secondary N) is 1. The summed E-state index contributed by atoms with van der Waals surface area (Å²) in [7, 11) is 0. The standard InChI is InChI=1S/C26H22N4O2/c27-16-18-6-4-9-21(15-18)32-17-19-7-3-8-20(14-19)26(31)30-13-5-12-24(30)25-28-22-10-1-2-11-23(22)29-25/h1-4,6-11,14-15,24H,5,12-13,17H2,(H,28,29). The molecule has 3 aromatic carbocycles. The molecule has 6 heteroatoms. The number of aromatic nitrogens is 2. The van der Waals surface area contributed by atoms with Crippen LogP contribution >= 0.6 is 0 Å². The van der Waals surface area contributed by atoms with Crippen LogP contribution in [0.15, 0.2) is 72.8 Å². The average Bonchev–Trinajstić information content (AvgIpc) is 3.49. The highest BCUT2D eigenvalue weighted by Gasteiger charge is 2.32. The zero-order valence-electron chi connectivity index (χ0n) is 17.5. The van der Waals surface area contributed by atoms with Gasteiger partial charge in [0.2, 0.25) is 0 Å². The summed E-state index contributed by atoms with van der Waals surface area (Å²) < 4.78 is 5.83. The number of nitrogens with zero attached hydrogens (tertiary/aromatic N) is 3. The van der Waals surface area contributed by atoms with Gasteiger partial charge in [0.25, 0.3) is 5.91 Å². The highest BCUT2D eigenvalue weighted by molar-refractivity contribution is 5.95. The van der Waals surface area contributed by atoms with Crippen LogP contribution in [0.1, 0.15) is 46.2 Å². The third-order valence-electron chi connectivity index (χ3n) is 5.78. The van der Waals surface area contributed by atoms with Crippen molar-refractivity contribution in [2.75, 3.05) is 6.54 Å². The molecule has 1 aliphatic rings. The summed E-state index contributed by atoms with van der Waals surface area (Å²) >= 11 is 0. The maximum absolute atomic E-state index is 13.4. The first kappa shape index (κ1) is 19.8. The highest BCUT2D eigenvalue weighted by Crippen LogP contribution is 2.32. The molecule has 158 valence electrons. The van der Waals surface area contributed by atoms with E-state index in [1.165, 1.54) is 0 Å². The molecule has 0 radical (unpaired) electrons. The number of hydrogen-bond donors (Lipinski definition) is 1. The highest BCUT2D eigenvalue weighted by atomic mass is 16.5. The molecule has 2 heterocycles. The van der Waals surface area contributed by atoms with Crippen LogP contribution in [0.3, 0.4) is 0 Å². The third-order valence-corrected chi connectivity index (χ3v) is 5.78. The molecule has 4 aromatic rings. The molecule has 32 heavy (non-hydrogen) atoms. The van der Waals surface area contributed by atoms with E-state index < -0.39 is 0 Å².